The maximum absolute atomic E-state index is 11.9. The lowest BCUT2D eigenvalue weighted by Gasteiger charge is -2.05. The predicted molar refractivity (Wildman–Crippen MR) is 64.2 cm³/mol. The van der Waals surface area contributed by atoms with Gasteiger partial charge in [-0.3, -0.25) is 5.10 Å². The van der Waals surface area contributed by atoms with Crippen molar-refractivity contribution in [2.75, 3.05) is 6.54 Å². The number of H-pyrrole nitrogens is 1. The van der Waals surface area contributed by atoms with Crippen molar-refractivity contribution in [3.05, 3.63) is 36.2 Å². The van der Waals surface area contributed by atoms with Crippen LogP contribution < -0.4 is 4.72 Å². The summed E-state index contributed by atoms with van der Waals surface area (Å²) in [6, 6.07) is 4.51. The molecular weight excluding hydrogens is 268 g/mol. The zero-order valence-corrected chi connectivity index (χ0v) is 10.6. The van der Waals surface area contributed by atoms with Crippen LogP contribution in [-0.2, 0) is 16.4 Å². The van der Waals surface area contributed by atoms with Crippen molar-refractivity contribution in [2.24, 2.45) is 0 Å². The molecule has 0 aliphatic heterocycles. The second-order valence-corrected chi connectivity index (χ2v) is 5.34. The molecule has 2 aromatic rings. The summed E-state index contributed by atoms with van der Waals surface area (Å²) in [5, 5.41) is 14.9. The fourth-order valence-electron chi connectivity index (χ4n) is 1.34. The summed E-state index contributed by atoms with van der Waals surface area (Å²) in [6.07, 6.45) is 2.91. The molecule has 0 radical (unpaired) electrons. The van der Waals surface area contributed by atoms with Crippen LogP contribution in [0.3, 0.4) is 0 Å². The van der Waals surface area contributed by atoms with Gasteiger partial charge in [-0.1, -0.05) is 0 Å². The third kappa shape index (κ3) is 3.34. The Kier molecular flexibility index (Phi) is 3.84. The zero-order valence-electron chi connectivity index (χ0n) is 9.74. The standard InChI is InChI=1S/C10H10N6O2S/c11-5-8-1-2-9(6-12-8)19(17,18)15-4-3-10-13-7-14-16-10/h1-2,6-7,15H,3-4H2,(H,13,14,16). The number of nitrogens with zero attached hydrogens (tertiary/aromatic N) is 4. The second-order valence-electron chi connectivity index (χ2n) is 3.57. The summed E-state index contributed by atoms with van der Waals surface area (Å²) in [7, 11) is -3.62. The number of aromatic nitrogens is 4. The molecule has 0 bridgehead atoms. The van der Waals surface area contributed by atoms with E-state index in [1.165, 1.54) is 18.5 Å². The monoisotopic (exact) mass is 278 g/mol. The molecule has 0 amide bonds. The summed E-state index contributed by atoms with van der Waals surface area (Å²) >= 11 is 0. The number of nitriles is 1. The molecule has 0 saturated carbocycles. The Morgan fingerprint density at radius 1 is 1.37 bits per heavy atom. The Morgan fingerprint density at radius 2 is 2.21 bits per heavy atom. The third-order valence-corrected chi connectivity index (χ3v) is 3.73. The summed E-state index contributed by atoms with van der Waals surface area (Å²) in [4.78, 5) is 7.61. The summed E-state index contributed by atoms with van der Waals surface area (Å²) in [5.41, 5.74) is 0.167. The molecule has 0 spiro atoms. The maximum atomic E-state index is 11.9. The van der Waals surface area contributed by atoms with Crippen LogP contribution in [0.4, 0.5) is 0 Å². The van der Waals surface area contributed by atoms with Crippen molar-refractivity contribution in [2.45, 2.75) is 11.3 Å². The van der Waals surface area contributed by atoms with Crippen molar-refractivity contribution in [1.82, 2.24) is 24.9 Å². The van der Waals surface area contributed by atoms with Gasteiger partial charge in [0.15, 0.2) is 0 Å². The average molecular weight is 278 g/mol. The lowest BCUT2D eigenvalue weighted by atomic mass is 10.4. The van der Waals surface area contributed by atoms with Crippen LogP contribution in [-0.4, -0.2) is 35.1 Å². The molecule has 98 valence electrons. The minimum Gasteiger partial charge on any atom is -0.263 e. The number of rotatable bonds is 5. The normalized spacial score (nSPS) is 11.1. The number of pyridine rings is 1. The Hall–Kier alpha value is -2.31. The van der Waals surface area contributed by atoms with Gasteiger partial charge in [0, 0.05) is 19.2 Å². The number of nitrogens with one attached hydrogen (secondary N) is 2. The Bertz CT molecular complexity index is 672. The van der Waals surface area contributed by atoms with Crippen LogP contribution in [0.2, 0.25) is 0 Å². The van der Waals surface area contributed by atoms with Gasteiger partial charge in [0.05, 0.1) is 0 Å². The van der Waals surface area contributed by atoms with E-state index < -0.39 is 10.0 Å². The summed E-state index contributed by atoms with van der Waals surface area (Å²) in [5.74, 6) is 0.598. The van der Waals surface area contributed by atoms with E-state index in [0.717, 1.165) is 6.20 Å². The summed E-state index contributed by atoms with van der Waals surface area (Å²) < 4.78 is 26.2. The Labute approximate surface area is 109 Å². The van der Waals surface area contributed by atoms with Gasteiger partial charge in [-0.15, -0.1) is 0 Å². The van der Waals surface area contributed by atoms with Crippen molar-refractivity contribution >= 4 is 10.0 Å². The highest BCUT2D eigenvalue weighted by Crippen LogP contribution is 2.07. The van der Waals surface area contributed by atoms with E-state index >= 15 is 0 Å². The van der Waals surface area contributed by atoms with Crippen LogP contribution in [0.25, 0.3) is 0 Å². The lowest BCUT2D eigenvalue weighted by Crippen LogP contribution is -2.26. The zero-order chi connectivity index (χ0) is 13.7. The van der Waals surface area contributed by atoms with Gasteiger partial charge in [-0.05, 0) is 12.1 Å². The molecule has 0 saturated heterocycles. The quantitative estimate of drug-likeness (QED) is 0.766. The molecular formula is C10H10N6O2S. The van der Waals surface area contributed by atoms with Crippen LogP contribution in [0.15, 0.2) is 29.6 Å². The summed E-state index contributed by atoms with van der Waals surface area (Å²) in [6.45, 7) is 0.192. The van der Waals surface area contributed by atoms with Crippen molar-refractivity contribution in [1.29, 1.82) is 5.26 Å². The van der Waals surface area contributed by atoms with Crippen molar-refractivity contribution in [3.8, 4) is 6.07 Å². The number of hydrogen-bond acceptors (Lipinski definition) is 6. The molecule has 0 aliphatic carbocycles. The smallest absolute Gasteiger partial charge is 0.242 e. The topological polar surface area (TPSA) is 124 Å². The molecule has 9 heteroatoms. The Morgan fingerprint density at radius 3 is 2.79 bits per heavy atom. The first-order valence-corrected chi connectivity index (χ1v) is 6.80. The van der Waals surface area contributed by atoms with Crippen molar-refractivity contribution in [3.63, 3.8) is 0 Å². The highest BCUT2D eigenvalue weighted by molar-refractivity contribution is 7.89. The number of hydrogen-bond donors (Lipinski definition) is 2. The largest absolute Gasteiger partial charge is 0.263 e. The average Bonchev–Trinajstić information content (AvgIpc) is 2.92. The van der Waals surface area contributed by atoms with E-state index in [1.54, 1.807) is 0 Å². The van der Waals surface area contributed by atoms with Crippen LogP contribution >= 0.6 is 0 Å². The lowest BCUT2D eigenvalue weighted by molar-refractivity contribution is 0.580. The van der Waals surface area contributed by atoms with Gasteiger partial charge in [0.25, 0.3) is 0 Å². The first kappa shape index (κ1) is 13.1. The molecule has 2 rings (SSSR count). The number of aromatic amines is 1. The highest BCUT2D eigenvalue weighted by atomic mass is 32.2. The van der Waals surface area contributed by atoms with Gasteiger partial charge in [-0.2, -0.15) is 10.4 Å². The minimum atomic E-state index is -3.62. The molecule has 8 nitrogen and oxygen atoms in total. The first-order chi connectivity index (χ1) is 9.12. The molecule has 19 heavy (non-hydrogen) atoms. The van der Waals surface area contributed by atoms with Crippen LogP contribution in [0.1, 0.15) is 11.5 Å². The van der Waals surface area contributed by atoms with Gasteiger partial charge in [0.2, 0.25) is 10.0 Å². The fourth-order valence-corrected chi connectivity index (χ4v) is 2.32. The molecule has 2 aromatic heterocycles. The van der Waals surface area contributed by atoms with E-state index in [0.29, 0.717) is 12.2 Å². The van der Waals surface area contributed by atoms with Gasteiger partial charge in [0.1, 0.15) is 28.8 Å². The van der Waals surface area contributed by atoms with Crippen LogP contribution in [0.5, 0.6) is 0 Å². The maximum Gasteiger partial charge on any atom is 0.242 e. The van der Waals surface area contributed by atoms with E-state index in [1.807, 2.05) is 6.07 Å². The van der Waals surface area contributed by atoms with Gasteiger partial charge < -0.3 is 0 Å². The molecule has 0 fully saturated rings. The Balaban J connectivity index is 1.99. The molecule has 0 aromatic carbocycles. The number of sulfonamides is 1. The van der Waals surface area contributed by atoms with E-state index in [2.05, 4.69) is 24.9 Å². The molecule has 0 atom stereocenters. The van der Waals surface area contributed by atoms with Crippen LogP contribution in [0, 0.1) is 11.3 Å². The van der Waals surface area contributed by atoms with E-state index in [4.69, 9.17) is 5.26 Å². The van der Waals surface area contributed by atoms with Gasteiger partial charge in [-0.25, -0.2) is 23.1 Å². The first-order valence-electron chi connectivity index (χ1n) is 5.32. The predicted octanol–water partition coefficient (Wildman–Crippen LogP) is -0.408. The van der Waals surface area contributed by atoms with Gasteiger partial charge >= 0.3 is 0 Å². The third-order valence-electron chi connectivity index (χ3n) is 2.28. The molecule has 0 aliphatic rings. The highest BCUT2D eigenvalue weighted by Gasteiger charge is 2.14. The second kappa shape index (κ2) is 5.55. The molecule has 0 unspecified atom stereocenters. The minimum absolute atomic E-state index is 0.0177. The SMILES string of the molecule is N#Cc1ccc(S(=O)(=O)NCCc2ncn[nH]2)cn1. The molecule has 2 N–H and O–H groups in total. The fraction of sp³-hybridized carbons (Fsp3) is 0.200. The molecule has 2 heterocycles. The van der Waals surface area contributed by atoms with E-state index in [9.17, 15) is 8.42 Å². The van der Waals surface area contributed by atoms with E-state index in [-0.39, 0.29) is 17.1 Å². The van der Waals surface area contributed by atoms with Crippen molar-refractivity contribution < 1.29 is 8.42 Å².